The Bertz CT molecular complexity index is 803. The zero-order chi connectivity index (χ0) is 19.8. The molecular formula is C21H25NO5. The van der Waals surface area contributed by atoms with Crippen molar-refractivity contribution in [3.05, 3.63) is 53.6 Å². The van der Waals surface area contributed by atoms with E-state index in [1.165, 1.54) is 6.92 Å². The lowest BCUT2D eigenvalue weighted by atomic mass is 10.1. The van der Waals surface area contributed by atoms with Crippen LogP contribution >= 0.6 is 0 Å². The predicted octanol–water partition coefficient (Wildman–Crippen LogP) is 3.65. The molecule has 27 heavy (non-hydrogen) atoms. The van der Waals surface area contributed by atoms with Crippen molar-refractivity contribution < 1.29 is 23.8 Å². The van der Waals surface area contributed by atoms with Gasteiger partial charge in [0.1, 0.15) is 11.5 Å². The smallest absolute Gasteiger partial charge is 0.344 e. The minimum atomic E-state index is -0.962. The van der Waals surface area contributed by atoms with Crippen LogP contribution in [0.25, 0.3) is 0 Å². The second kappa shape index (κ2) is 9.62. The Kier molecular flexibility index (Phi) is 7.23. The Labute approximate surface area is 159 Å². The standard InChI is InChI=1S/C21H25NO5/c1-5-25-19-9-7-6-8-18(19)22-21(24)16(4)27-20(23)13-26-17-11-10-14(2)15(3)12-17/h6-12,16H,5,13H2,1-4H3,(H,22,24). The first-order valence-corrected chi connectivity index (χ1v) is 8.83. The zero-order valence-electron chi connectivity index (χ0n) is 16.1. The van der Waals surface area contributed by atoms with Gasteiger partial charge in [-0.1, -0.05) is 18.2 Å². The molecule has 6 heteroatoms. The van der Waals surface area contributed by atoms with Gasteiger partial charge in [-0.2, -0.15) is 0 Å². The van der Waals surface area contributed by atoms with Gasteiger partial charge in [0, 0.05) is 0 Å². The maximum absolute atomic E-state index is 12.3. The van der Waals surface area contributed by atoms with Crippen LogP contribution in [-0.4, -0.2) is 31.2 Å². The quantitative estimate of drug-likeness (QED) is 0.717. The van der Waals surface area contributed by atoms with Crippen LogP contribution in [0.4, 0.5) is 5.69 Å². The first kappa shape index (κ1) is 20.3. The summed E-state index contributed by atoms with van der Waals surface area (Å²) >= 11 is 0. The van der Waals surface area contributed by atoms with Gasteiger partial charge < -0.3 is 19.5 Å². The van der Waals surface area contributed by atoms with Crippen molar-refractivity contribution in [2.75, 3.05) is 18.5 Å². The number of benzene rings is 2. The first-order valence-electron chi connectivity index (χ1n) is 8.83. The summed E-state index contributed by atoms with van der Waals surface area (Å²) in [7, 11) is 0. The summed E-state index contributed by atoms with van der Waals surface area (Å²) in [5, 5.41) is 2.71. The molecule has 144 valence electrons. The van der Waals surface area contributed by atoms with Crippen molar-refractivity contribution in [3.63, 3.8) is 0 Å². The van der Waals surface area contributed by atoms with Crippen molar-refractivity contribution in [2.45, 2.75) is 33.8 Å². The van der Waals surface area contributed by atoms with Gasteiger partial charge in [0.25, 0.3) is 5.91 Å². The van der Waals surface area contributed by atoms with Crippen molar-refractivity contribution in [1.82, 2.24) is 0 Å². The van der Waals surface area contributed by atoms with Crippen molar-refractivity contribution in [3.8, 4) is 11.5 Å². The molecule has 2 aromatic carbocycles. The minimum Gasteiger partial charge on any atom is -0.492 e. The summed E-state index contributed by atoms with van der Waals surface area (Å²) in [6.45, 7) is 7.54. The van der Waals surface area contributed by atoms with Gasteiger partial charge in [-0.25, -0.2) is 4.79 Å². The lowest BCUT2D eigenvalue weighted by Crippen LogP contribution is -2.31. The van der Waals surface area contributed by atoms with Gasteiger partial charge in [0.15, 0.2) is 12.7 Å². The van der Waals surface area contributed by atoms with Gasteiger partial charge in [0.05, 0.1) is 12.3 Å². The number of carbonyl (C=O) groups excluding carboxylic acids is 2. The van der Waals surface area contributed by atoms with Gasteiger partial charge in [-0.3, -0.25) is 4.79 Å². The van der Waals surface area contributed by atoms with Crippen LogP contribution in [0.3, 0.4) is 0 Å². The predicted molar refractivity (Wildman–Crippen MR) is 103 cm³/mol. The number of hydrogen-bond acceptors (Lipinski definition) is 5. The zero-order valence-corrected chi connectivity index (χ0v) is 16.1. The van der Waals surface area contributed by atoms with E-state index in [9.17, 15) is 9.59 Å². The van der Waals surface area contributed by atoms with Gasteiger partial charge in [-0.05, 0) is 63.1 Å². The summed E-state index contributed by atoms with van der Waals surface area (Å²) in [4.78, 5) is 24.2. The number of nitrogens with one attached hydrogen (secondary N) is 1. The molecule has 1 unspecified atom stereocenters. The topological polar surface area (TPSA) is 73.9 Å². The fourth-order valence-corrected chi connectivity index (χ4v) is 2.32. The van der Waals surface area contributed by atoms with Crippen LogP contribution in [0.1, 0.15) is 25.0 Å². The van der Waals surface area contributed by atoms with E-state index >= 15 is 0 Å². The van der Waals surface area contributed by atoms with Gasteiger partial charge >= 0.3 is 5.97 Å². The monoisotopic (exact) mass is 371 g/mol. The Hall–Kier alpha value is -3.02. The average molecular weight is 371 g/mol. The molecule has 0 saturated carbocycles. The summed E-state index contributed by atoms with van der Waals surface area (Å²) in [5.41, 5.74) is 2.74. The minimum absolute atomic E-state index is 0.268. The van der Waals surface area contributed by atoms with E-state index in [1.807, 2.05) is 39.0 Å². The van der Waals surface area contributed by atoms with E-state index in [2.05, 4.69) is 5.32 Å². The highest BCUT2D eigenvalue weighted by Gasteiger charge is 2.19. The number of hydrogen-bond donors (Lipinski definition) is 1. The number of rotatable bonds is 8. The fourth-order valence-electron chi connectivity index (χ4n) is 2.32. The molecule has 0 bridgehead atoms. The van der Waals surface area contributed by atoms with E-state index in [1.54, 1.807) is 24.3 Å². The van der Waals surface area contributed by atoms with Crippen LogP contribution < -0.4 is 14.8 Å². The summed E-state index contributed by atoms with van der Waals surface area (Å²) in [5.74, 6) is 0.0819. The molecule has 0 fully saturated rings. The number of para-hydroxylation sites is 2. The normalized spacial score (nSPS) is 11.4. The summed E-state index contributed by atoms with van der Waals surface area (Å²) in [6.07, 6.45) is -0.962. The van der Waals surface area contributed by atoms with Crippen LogP contribution in [-0.2, 0) is 14.3 Å². The van der Waals surface area contributed by atoms with Crippen LogP contribution in [0, 0.1) is 13.8 Å². The lowest BCUT2D eigenvalue weighted by Gasteiger charge is -2.16. The lowest BCUT2D eigenvalue weighted by molar-refractivity contribution is -0.155. The van der Waals surface area contributed by atoms with Gasteiger partial charge in [-0.15, -0.1) is 0 Å². The Morgan fingerprint density at radius 2 is 1.78 bits per heavy atom. The number of esters is 1. The molecule has 2 aromatic rings. The van der Waals surface area contributed by atoms with E-state index in [4.69, 9.17) is 14.2 Å². The fraction of sp³-hybridized carbons (Fsp3) is 0.333. The Balaban J connectivity index is 1.86. The van der Waals surface area contributed by atoms with Crippen LogP contribution in [0.2, 0.25) is 0 Å². The van der Waals surface area contributed by atoms with E-state index in [0.29, 0.717) is 23.8 Å². The third-order valence-electron chi connectivity index (χ3n) is 3.96. The van der Waals surface area contributed by atoms with Crippen molar-refractivity contribution in [2.24, 2.45) is 0 Å². The molecule has 6 nitrogen and oxygen atoms in total. The number of aryl methyl sites for hydroxylation is 2. The molecule has 0 aromatic heterocycles. The number of amides is 1. The van der Waals surface area contributed by atoms with E-state index in [-0.39, 0.29) is 6.61 Å². The Morgan fingerprint density at radius 3 is 2.48 bits per heavy atom. The van der Waals surface area contributed by atoms with E-state index < -0.39 is 18.0 Å². The molecule has 1 atom stereocenters. The van der Waals surface area contributed by atoms with Crippen molar-refractivity contribution >= 4 is 17.6 Å². The average Bonchev–Trinajstić information content (AvgIpc) is 2.64. The Morgan fingerprint density at radius 1 is 1.04 bits per heavy atom. The third kappa shape index (κ3) is 6.02. The molecule has 0 aliphatic rings. The molecule has 0 spiro atoms. The first-order chi connectivity index (χ1) is 12.9. The van der Waals surface area contributed by atoms with Crippen LogP contribution in [0.15, 0.2) is 42.5 Å². The second-order valence-corrected chi connectivity index (χ2v) is 6.09. The molecule has 0 aliphatic heterocycles. The second-order valence-electron chi connectivity index (χ2n) is 6.09. The largest absolute Gasteiger partial charge is 0.492 e. The maximum Gasteiger partial charge on any atom is 0.344 e. The van der Waals surface area contributed by atoms with Crippen molar-refractivity contribution in [1.29, 1.82) is 0 Å². The SMILES string of the molecule is CCOc1ccccc1NC(=O)C(C)OC(=O)COc1ccc(C)c(C)c1. The third-order valence-corrected chi connectivity index (χ3v) is 3.96. The molecule has 0 heterocycles. The molecule has 1 amide bonds. The molecule has 0 radical (unpaired) electrons. The number of ether oxygens (including phenoxy) is 3. The molecule has 2 rings (SSSR count). The highest BCUT2D eigenvalue weighted by Crippen LogP contribution is 2.24. The molecule has 1 N–H and O–H groups in total. The van der Waals surface area contributed by atoms with Gasteiger partial charge in [0.2, 0.25) is 0 Å². The van der Waals surface area contributed by atoms with Crippen LogP contribution in [0.5, 0.6) is 11.5 Å². The number of carbonyl (C=O) groups is 2. The maximum atomic E-state index is 12.3. The summed E-state index contributed by atoms with van der Waals surface area (Å²) in [6, 6.07) is 12.6. The highest BCUT2D eigenvalue weighted by atomic mass is 16.6. The number of anilines is 1. The molecular weight excluding hydrogens is 346 g/mol. The summed E-state index contributed by atoms with van der Waals surface area (Å²) < 4.78 is 16.0. The van der Waals surface area contributed by atoms with E-state index in [0.717, 1.165) is 11.1 Å². The molecule has 0 saturated heterocycles. The highest BCUT2D eigenvalue weighted by molar-refractivity contribution is 5.96. The molecule has 0 aliphatic carbocycles.